The van der Waals surface area contributed by atoms with Crippen LogP contribution < -0.4 is 5.32 Å². The molecule has 2 aliphatic rings. The molecule has 2 unspecified atom stereocenters. The molecule has 1 aromatic carbocycles. The molecule has 0 aromatic heterocycles. The van der Waals surface area contributed by atoms with Crippen LogP contribution in [0.5, 0.6) is 0 Å². The fraction of sp³-hybridized carbons (Fsp3) is 0.533. The van der Waals surface area contributed by atoms with Gasteiger partial charge in [-0.1, -0.05) is 11.6 Å². The first-order valence-corrected chi connectivity index (χ1v) is 7.33. The summed E-state index contributed by atoms with van der Waals surface area (Å²) in [6.07, 6.45) is 0.745. The van der Waals surface area contributed by atoms with Crippen LogP contribution in [0.2, 0.25) is 5.02 Å². The number of rotatable bonds is 1. The highest BCUT2D eigenvalue weighted by Crippen LogP contribution is 2.43. The predicted molar refractivity (Wildman–Crippen MR) is 78.8 cm³/mol. The lowest BCUT2D eigenvalue weighted by atomic mass is 9.82. The first-order chi connectivity index (χ1) is 9.40. The van der Waals surface area contributed by atoms with Crippen molar-refractivity contribution >= 4 is 23.2 Å². The molecule has 1 aromatic rings. The number of likely N-dealkylation sites (tertiary alicyclic amines) is 1. The number of nitrogens with zero attached hydrogens (tertiary/aromatic N) is 1. The Morgan fingerprint density at radius 2 is 2.20 bits per heavy atom. The molecular formula is C15H19ClN2O2. The summed E-state index contributed by atoms with van der Waals surface area (Å²) in [4.78, 5) is 13.9. The third-order valence-electron chi connectivity index (χ3n) is 4.27. The average molecular weight is 295 g/mol. The van der Waals surface area contributed by atoms with Crippen molar-refractivity contribution in [1.82, 2.24) is 4.90 Å². The third-order valence-corrected chi connectivity index (χ3v) is 4.51. The summed E-state index contributed by atoms with van der Waals surface area (Å²) in [6.45, 7) is 4.59. The molecule has 0 aliphatic carbocycles. The Balaban J connectivity index is 2.10. The van der Waals surface area contributed by atoms with Gasteiger partial charge in [0.25, 0.3) is 0 Å². The molecule has 2 atom stereocenters. The van der Waals surface area contributed by atoms with E-state index in [2.05, 4.69) is 5.32 Å². The summed E-state index contributed by atoms with van der Waals surface area (Å²) in [7, 11) is 0. The molecule has 2 aliphatic heterocycles. The lowest BCUT2D eigenvalue weighted by molar-refractivity contribution is -0.133. The molecule has 2 N–H and O–H groups in total. The van der Waals surface area contributed by atoms with Gasteiger partial charge in [0, 0.05) is 29.2 Å². The molecular weight excluding hydrogens is 276 g/mol. The van der Waals surface area contributed by atoms with E-state index in [0.29, 0.717) is 18.0 Å². The molecule has 108 valence electrons. The number of anilines is 1. The van der Waals surface area contributed by atoms with E-state index in [0.717, 1.165) is 17.7 Å². The second-order valence-electron chi connectivity index (χ2n) is 6.16. The third kappa shape index (κ3) is 2.07. The maximum Gasteiger partial charge on any atom is 0.223 e. The Bertz CT molecular complexity index is 559. The molecule has 0 bridgehead atoms. The normalized spacial score (nSPS) is 28.2. The van der Waals surface area contributed by atoms with Crippen molar-refractivity contribution in [2.75, 3.05) is 11.9 Å². The van der Waals surface area contributed by atoms with Gasteiger partial charge >= 0.3 is 0 Å². The quantitative estimate of drug-likeness (QED) is 0.837. The van der Waals surface area contributed by atoms with Crippen molar-refractivity contribution in [2.24, 2.45) is 0 Å². The van der Waals surface area contributed by atoms with E-state index >= 15 is 0 Å². The van der Waals surface area contributed by atoms with Gasteiger partial charge in [-0.05, 0) is 38.5 Å². The lowest BCUT2D eigenvalue weighted by Crippen LogP contribution is -2.55. The molecule has 1 saturated heterocycles. The maximum absolute atomic E-state index is 12.1. The van der Waals surface area contributed by atoms with E-state index in [1.54, 1.807) is 4.90 Å². The highest BCUT2D eigenvalue weighted by atomic mass is 35.5. The molecule has 4 nitrogen and oxygen atoms in total. The molecule has 3 rings (SSSR count). The van der Waals surface area contributed by atoms with Gasteiger partial charge in [-0.2, -0.15) is 0 Å². The Morgan fingerprint density at radius 3 is 2.85 bits per heavy atom. The first-order valence-electron chi connectivity index (χ1n) is 6.95. The predicted octanol–water partition coefficient (Wildman–Crippen LogP) is 2.57. The Morgan fingerprint density at radius 1 is 1.45 bits per heavy atom. The number of hydrogen-bond acceptors (Lipinski definition) is 3. The summed E-state index contributed by atoms with van der Waals surface area (Å²) < 4.78 is 0. The van der Waals surface area contributed by atoms with Crippen LogP contribution in [0.4, 0.5) is 5.69 Å². The largest absolute Gasteiger partial charge is 0.388 e. The number of halogens is 1. The maximum atomic E-state index is 12.1. The summed E-state index contributed by atoms with van der Waals surface area (Å²) >= 11 is 6.09. The van der Waals surface area contributed by atoms with Crippen LogP contribution in [0.25, 0.3) is 0 Å². The van der Waals surface area contributed by atoms with Crippen LogP contribution in [-0.2, 0) is 4.79 Å². The van der Waals surface area contributed by atoms with Crippen molar-refractivity contribution in [3.05, 3.63) is 28.8 Å². The smallest absolute Gasteiger partial charge is 0.223 e. The SMILES string of the molecule is CC1(C)Nc2ccc(Cl)cc2C(N2CCCC2=O)C1O. The number of hydrogen-bond donors (Lipinski definition) is 2. The minimum atomic E-state index is -0.671. The minimum absolute atomic E-state index is 0.109. The molecule has 1 fully saturated rings. The summed E-state index contributed by atoms with van der Waals surface area (Å²) in [6, 6.07) is 5.26. The monoisotopic (exact) mass is 294 g/mol. The Labute approximate surface area is 123 Å². The fourth-order valence-corrected chi connectivity index (χ4v) is 3.36. The number of aliphatic hydroxyl groups is 1. The molecule has 0 radical (unpaired) electrons. The summed E-state index contributed by atoms with van der Waals surface area (Å²) in [5, 5.41) is 14.7. The zero-order valence-corrected chi connectivity index (χ0v) is 12.4. The van der Waals surface area contributed by atoms with E-state index in [9.17, 15) is 9.90 Å². The van der Waals surface area contributed by atoms with Crippen LogP contribution in [0.3, 0.4) is 0 Å². The van der Waals surface area contributed by atoms with Gasteiger partial charge in [0.2, 0.25) is 5.91 Å². The van der Waals surface area contributed by atoms with Crippen LogP contribution in [0, 0.1) is 0 Å². The molecule has 0 saturated carbocycles. The van der Waals surface area contributed by atoms with E-state index in [1.807, 2.05) is 32.0 Å². The van der Waals surface area contributed by atoms with Crippen LogP contribution in [0.1, 0.15) is 38.3 Å². The van der Waals surface area contributed by atoms with Crippen molar-refractivity contribution in [3.8, 4) is 0 Å². The Hall–Kier alpha value is -1.26. The standard InChI is InChI=1S/C15H19ClN2O2/c1-15(2)14(20)13(18-7-3-4-12(18)19)10-8-9(16)5-6-11(10)17-15/h5-6,8,13-14,17,20H,3-4,7H2,1-2H3. The highest BCUT2D eigenvalue weighted by molar-refractivity contribution is 6.30. The van der Waals surface area contributed by atoms with Gasteiger partial charge < -0.3 is 15.3 Å². The number of fused-ring (bicyclic) bond motifs is 1. The Kier molecular flexibility index (Phi) is 3.18. The summed E-state index contributed by atoms with van der Waals surface area (Å²) in [5.41, 5.74) is 1.35. The van der Waals surface area contributed by atoms with E-state index < -0.39 is 11.6 Å². The van der Waals surface area contributed by atoms with Crippen molar-refractivity contribution in [2.45, 2.75) is 44.4 Å². The van der Waals surface area contributed by atoms with Crippen molar-refractivity contribution in [3.63, 3.8) is 0 Å². The molecule has 20 heavy (non-hydrogen) atoms. The van der Waals surface area contributed by atoms with Crippen molar-refractivity contribution < 1.29 is 9.90 Å². The highest BCUT2D eigenvalue weighted by Gasteiger charge is 2.45. The van der Waals surface area contributed by atoms with Crippen LogP contribution in [0.15, 0.2) is 18.2 Å². The van der Waals surface area contributed by atoms with E-state index in [1.165, 1.54) is 0 Å². The van der Waals surface area contributed by atoms with Gasteiger partial charge in [-0.25, -0.2) is 0 Å². The first kappa shape index (κ1) is 13.7. The lowest BCUT2D eigenvalue weighted by Gasteiger charge is -2.46. The second kappa shape index (κ2) is 4.64. The number of aliphatic hydroxyl groups excluding tert-OH is 1. The molecule has 0 spiro atoms. The minimum Gasteiger partial charge on any atom is -0.388 e. The van der Waals surface area contributed by atoms with Gasteiger partial charge in [-0.15, -0.1) is 0 Å². The number of nitrogens with one attached hydrogen (secondary N) is 1. The molecule has 2 heterocycles. The number of carbonyl (C=O) groups excluding carboxylic acids is 1. The molecule has 1 amide bonds. The number of amides is 1. The van der Waals surface area contributed by atoms with Crippen LogP contribution >= 0.6 is 11.6 Å². The van der Waals surface area contributed by atoms with Gasteiger partial charge in [-0.3, -0.25) is 4.79 Å². The van der Waals surface area contributed by atoms with Gasteiger partial charge in [0.1, 0.15) is 6.10 Å². The molecule has 5 heteroatoms. The van der Waals surface area contributed by atoms with Gasteiger partial charge in [0.05, 0.1) is 11.6 Å². The zero-order valence-electron chi connectivity index (χ0n) is 11.7. The fourth-order valence-electron chi connectivity index (χ4n) is 3.18. The number of carbonyl (C=O) groups is 1. The topological polar surface area (TPSA) is 52.6 Å². The average Bonchev–Trinajstić information content (AvgIpc) is 2.78. The zero-order chi connectivity index (χ0) is 14.5. The van der Waals surface area contributed by atoms with E-state index in [-0.39, 0.29) is 11.9 Å². The van der Waals surface area contributed by atoms with Gasteiger partial charge in [0.15, 0.2) is 0 Å². The van der Waals surface area contributed by atoms with Crippen molar-refractivity contribution in [1.29, 1.82) is 0 Å². The van der Waals surface area contributed by atoms with Crippen LogP contribution in [-0.4, -0.2) is 34.1 Å². The second-order valence-corrected chi connectivity index (χ2v) is 6.60. The summed E-state index contributed by atoms with van der Waals surface area (Å²) in [5.74, 6) is 0.109. The van der Waals surface area contributed by atoms with E-state index in [4.69, 9.17) is 11.6 Å². The number of benzene rings is 1.